The van der Waals surface area contributed by atoms with Crippen molar-refractivity contribution in [2.75, 3.05) is 21.3 Å². The van der Waals surface area contributed by atoms with Gasteiger partial charge in [-0.25, -0.2) is 0 Å². The van der Waals surface area contributed by atoms with Gasteiger partial charge in [-0.15, -0.1) is 0 Å². The molecule has 3 rings (SSSR count). The van der Waals surface area contributed by atoms with Gasteiger partial charge < -0.3 is 18.9 Å². The van der Waals surface area contributed by atoms with E-state index in [9.17, 15) is 9.59 Å². The Morgan fingerprint density at radius 3 is 2.42 bits per heavy atom. The zero-order valence-corrected chi connectivity index (χ0v) is 14.5. The first-order valence-corrected chi connectivity index (χ1v) is 7.75. The van der Waals surface area contributed by atoms with Crippen LogP contribution >= 0.6 is 11.6 Å². The molecule has 0 bridgehead atoms. The Balaban J connectivity index is 2.20. The molecule has 1 aromatic carbocycles. The number of hydrogen-bond donors (Lipinski definition) is 0. The molecule has 1 heterocycles. The van der Waals surface area contributed by atoms with Crippen molar-refractivity contribution in [1.82, 2.24) is 0 Å². The normalized spacial score (nSPS) is 25.2. The second-order valence-corrected chi connectivity index (χ2v) is 6.18. The van der Waals surface area contributed by atoms with Crippen molar-refractivity contribution in [1.29, 1.82) is 0 Å². The number of ketones is 2. The van der Waals surface area contributed by atoms with Gasteiger partial charge in [0.2, 0.25) is 5.78 Å². The van der Waals surface area contributed by atoms with Gasteiger partial charge in [0.05, 0.1) is 21.3 Å². The van der Waals surface area contributed by atoms with Crippen molar-refractivity contribution >= 4 is 23.2 Å². The van der Waals surface area contributed by atoms with Gasteiger partial charge in [0.25, 0.3) is 0 Å². The first-order chi connectivity index (χ1) is 11.4. The number of Topliss-reactive ketones (excluding diaryl/α,β-unsaturated/α-hetero) is 2. The van der Waals surface area contributed by atoms with Crippen LogP contribution in [0.1, 0.15) is 23.7 Å². The van der Waals surface area contributed by atoms with Crippen molar-refractivity contribution in [3.63, 3.8) is 0 Å². The van der Waals surface area contributed by atoms with E-state index in [1.807, 2.05) is 0 Å². The van der Waals surface area contributed by atoms with Crippen LogP contribution in [-0.2, 0) is 9.53 Å². The van der Waals surface area contributed by atoms with Crippen molar-refractivity contribution < 1.29 is 28.5 Å². The van der Waals surface area contributed by atoms with Crippen molar-refractivity contribution in [2.45, 2.75) is 18.9 Å². The molecule has 0 aromatic heterocycles. The van der Waals surface area contributed by atoms with E-state index < -0.39 is 11.5 Å². The van der Waals surface area contributed by atoms with Crippen LogP contribution in [0.4, 0.5) is 0 Å². The van der Waals surface area contributed by atoms with Gasteiger partial charge in [-0.2, -0.15) is 0 Å². The first-order valence-electron chi connectivity index (χ1n) is 7.38. The zero-order chi connectivity index (χ0) is 17.6. The van der Waals surface area contributed by atoms with Crippen LogP contribution in [0.3, 0.4) is 0 Å². The summed E-state index contributed by atoms with van der Waals surface area (Å²) in [7, 11) is 4.30. The van der Waals surface area contributed by atoms with Crippen LogP contribution < -0.4 is 14.2 Å². The van der Waals surface area contributed by atoms with Crippen LogP contribution in [0.15, 0.2) is 17.9 Å². The van der Waals surface area contributed by atoms with Crippen molar-refractivity contribution in [2.24, 2.45) is 5.92 Å². The Kier molecular flexibility index (Phi) is 3.95. The standard InChI is InChI=1S/C17H17ClO6/c1-8-6-17(7-11(23-4)14(8)19)16(20)12-9(21-2)5-10(22-3)13(18)15(12)24-17/h5,7-8H,6H2,1-4H3/t8-,17-/m0/s1. The molecule has 0 radical (unpaired) electrons. The van der Waals surface area contributed by atoms with Gasteiger partial charge in [0, 0.05) is 24.5 Å². The summed E-state index contributed by atoms with van der Waals surface area (Å²) >= 11 is 6.31. The summed E-state index contributed by atoms with van der Waals surface area (Å²) in [5.41, 5.74) is -1.08. The predicted molar refractivity (Wildman–Crippen MR) is 86.1 cm³/mol. The molecule has 0 saturated heterocycles. The maximum atomic E-state index is 13.1. The molecule has 24 heavy (non-hydrogen) atoms. The Hall–Kier alpha value is -2.21. The molecule has 128 valence electrons. The lowest BCUT2D eigenvalue weighted by Gasteiger charge is -2.31. The van der Waals surface area contributed by atoms with Crippen LogP contribution in [0.25, 0.3) is 0 Å². The van der Waals surface area contributed by atoms with Gasteiger partial charge in [-0.3, -0.25) is 9.59 Å². The van der Waals surface area contributed by atoms with E-state index in [0.717, 1.165) is 0 Å². The van der Waals surface area contributed by atoms with Crippen molar-refractivity contribution in [3.8, 4) is 17.2 Å². The third-order valence-electron chi connectivity index (χ3n) is 4.37. The fourth-order valence-electron chi connectivity index (χ4n) is 3.17. The van der Waals surface area contributed by atoms with Gasteiger partial charge in [-0.1, -0.05) is 18.5 Å². The molecule has 2 atom stereocenters. The second kappa shape index (κ2) is 5.70. The largest absolute Gasteiger partial charge is 0.496 e. The Labute approximate surface area is 144 Å². The minimum atomic E-state index is -1.33. The fourth-order valence-corrected chi connectivity index (χ4v) is 3.43. The summed E-state index contributed by atoms with van der Waals surface area (Å²) in [6.45, 7) is 1.73. The molecule has 1 aliphatic carbocycles. The maximum absolute atomic E-state index is 13.1. The quantitative estimate of drug-likeness (QED) is 0.833. The Morgan fingerprint density at radius 1 is 1.17 bits per heavy atom. The number of halogens is 1. The van der Waals surface area contributed by atoms with E-state index in [2.05, 4.69) is 0 Å². The summed E-state index contributed by atoms with van der Waals surface area (Å²) in [5.74, 6) is 0.0647. The van der Waals surface area contributed by atoms with E-state index in [-0.39, 0.29) is 40.1 Å². The van der Waals surface area contributed by atoms with Crippen molar-refractivity contribution in [3.05, 3.63) is 28.5 Å². The monoisotopic (exact) mass is 352 g/mol. The van der Waals surface area contributed by atoms with Crippen LogP contribution in [0, 0.1) is 5.92 Å². The lowest BCUT2D eigenvalue weighted by atomic mass is 9.79. The van der Waals surface area contributed by atoms with E-state index in [0.29, 0.717) is 11.5 Å². The lowest BCUT2D eigenvalue weighted by Crippen LogP contribution is -2.45. The van der Waals surface area contributed by atoms with Crippen LogP contribution in [0.5, 0.6) is 17.2 Å². The highest BCUT2D eigenvalue weighted by molar-refractivity contribution is 6.35. The Morgan fingerprint density at radius 2 is 1.83 bits per heavy atom. The molecule has 7 heteroatoms. The topological polar surface area (TPSA) is 71.1 Å². The molecule has 0 amide bonds. The molecule has 2 aliphatic rings. The zero-order valence-electron chi connectivity index (χ0n) is 13.8. The minimum Gasteiger partial charge on any atom is -0.496 e. The lowest BCUT2D eigenvalue weighted by molar-refractivity contribution is -0.123. The highest BCUT2D eigenvalue weighted by Gasteiger charge is 2.54. The molecule has 1 aromatic rings. The van der Waals surface area contributed by atoms with E-state index >= 15 is 0 Å². The number of carbonyl (C=O) groups is 2. The predicted octanol–water partition coefficient (Wildman–Crippen LogP) is 2.81. The SMILES string of the molecule is COC1=C[C@]2(C[C@H](C)C1=O)Oc1c(Cl)c(OC)cc(OC)c1C2=O. The number of rotatable bonds is 3. The first kappa shape index (κ1) is 16.6. The highest BCUT2D eigenvalue weighted by Crippen LogP contribution is 2.52. The molecule has 0 fully saturated rings. The number of ether oxygens (including phenoxy) is 4. The van der Waals surface area contributed by atoms with E-state index in [1.165, 1.54) is 27.4 Å². The van der Waals surface area contributed by atoms with Crippen LogP contribution in [0.2, 0.25) is 5.02 Å². The third kappa shape index (κ3) is 2.17. The van der Waals surface area contributed by atoms with Gasteiger partial charge in [-0.05, 0) is 0 Å². The summed E-state index contributed by atoms with van der Waals surface area (Å²) in [6.07, 6.45) is 1.63. The summed E-state index contributed by atoms with van der Waals surface area (Å²) in [4.78, 5) is 25.2. The van der Waals surface area contributed by atoms with E-state index in [1.54, 1.807) is 13.0 Å². The summed E-state index contributed by atoms with van der Waals surface area (Å²) < 4.78 is 21.6. The number of carbonyl (C=O) groups excluding carboxylic acids is 2. The molecule has 0 saturated carbocycles. The van der Waals surface area contributed by atoms with Gasteiger partial charge in [0.1, 0.15) is 22.1 Å². The van der Waals surface area contributed by atoms with Crippen LogP contribution in [-0.4, -0.2) is 38.5 Å². The minimum absolute atomic E-state index is 0.108. The average molecular weight is 353 g/mol. The third-order valence-corrected chi connectivity index (χ3v) is 4.73. The number of benzene rings is 1. The number of allylic oxidation sites excluding steroid dienone is 1. The number of hydrogen-bond acceptors (Lipinski definition) is 6. The molecular formula is C17H17ClO6. The van der Waals surface area contributed by atoms with E-state index in [4.69, 9.17) is 30.5 Å². The number of methoxy groups -OCH3 is 3. The fraction of sp³-hybridized carbons (Fsp3) is 0.412. The molecule has 0 N–H and O–H groups in total. The number of fused-ring (bicyclic) bond motifs is 1. The molecule has 1 aliphatic heterocycles. The molecule has 0 unspecified atom stereocenters. The van der Waals surface area contributed by atoms with Gasteiger partial charge >= 0.3 is 0 Å². The smallest absolute Gasteiger partial charge is 0.218 e. The second-order valence-electron chi connectivity index (χ2n) is 5.80. The molecule has 6 nitrogen and oxygen atoms in total. The average Bonchev–Trinajstić information content (AvgIpc) is 2.85. The maximum Gasteiger partial charge on any atom is 0.218 e. The van der Waals surface area contributed by atoms with Gasteiger partial charge in [0.15, 0.2) is 22.9 Å². The summed E-state index contributed by atoms with van der Waals surface area (Å²) in [6, 6.07) is 1.54. The Bertz CT molecular complexity index is 769. The highest BCUT2D eigenvalue weighted by atomic mass is 35.5. The molecular weight excluding hydrogens is 336 g/mol. The summed E-state index contributed by atoms with van der Waals surface area (Å²) in [5, 5.41) is 0.190. The molecule has 1 spiro atoms.